The Hall–Kier alpha value is -3.17. The molecule has 0 saturated carbocycles. The number of fused-ring (bicyclic) bond motifs is 10. The normalized spacial score (nSPS) is 16.9. The second-order valence-electron chi connectivity index (χ2n) is 7.05. The van der Waals surface area contributed by atoms with Gasteiger partial charge in [-0.05, 0) is 17.7 Å². The maximum absolute atomic E-state index is 6.44. The lowest BCUT2D eigenvalue weighted by molar-refractivity contribution is 0.667. The van der Waals surface area contributed by atoms with Gasteiger partial charge in [0.15, 0.2) is 0 Å². The highest BCUT2D eigenvalue weighted by Crippen LogP contribution is 2.47. The van der Waals surface area contributed by atoms with Crippen molar-refractivity contribution < 1.29 is 4.42 Å². The molecule has 3 aromatic carbocycles. The van der Waals surface area contributed by atoms with Gasteiger partial charge >= 0.3 is 0 Å². The third kappa shape index (κ3) is 2.11. The number of hydrogen-bond acceptors (Lipinski definition) is 2. The second kappa shape index (κ2) is 5.91. The lowest BCUT2D eigenvalue weighted by Gasteiger charge is -2.11. The van der Waals surface area contributed by atoms with Gasteiger partial charge in [0, 0.05) is 43.3 Å². The molecule has 0 spiro atoms. The Morgan fingerprint density at radius 1 is 0.929 bits per heavy atom. The number of thioether (sulfide) groups is 1. The molecule has 1 aliphatic heterocycles. The third-order valence-corrected chi connectivity index (χ3v) is 6.48. The van der Waals surface area contributed by atoms with Crippen molar-refractivity contribution >= 4 is 61.1 Å². The van der Waals surface area contributed by atoms with Gasteiger partial charge < -0.3 is 9.40 Å². The topological polar surface area (TPSA) is 28.9 Å². The lowest BCUT2D eigenvalue weighted by Crippen LogP contribution is -1.90. The van der Waals surface area contributed by atoms with Gasteiger partial charge in [-0.2, -0.15) is 0 Å². The molecule has 0 bridgehead atoms. The van der Waals surface area contributed by atoms with Crippen LogP contribution in [0, 0.1) is 0 Å². The Kier molecular flexibility index (Phi) is 3.35. The van der Waals surface area contributed by atoms with Crippen molar-refractivity contribution in [3.63, 3.8) is 0 Å². The van der Waals surface area contributed by atoms with E-state index in [-0.39, 0.29) is 0 Å². The van der Waals surface area contributed by atoms with Gasteiger partial charge in [0.2, 0.25) is 0 Å². The molecule has 1 aliphatic rings. The van der Waals surface area contributed by atoms with E-state index < -0.39 is 0 Å². The molecular weight excluding hydrogens is 362 g/mol. The summed E-state index contributed by atoms with van der Waals surface area (Å²) in [6.45, 7) is 4.37. The first-order valence-corrected chi connectivity index (χ1v) is 10.3. The molecule has 3 heterocycles. The summed E-state index contributed by atoms with van der Waals surface area (Å²) in [6, 6.07) is 16.8. The van der Waals surface area contributed by atoms with Crippen LogP contribution in [0.15, 0.2) is 88.7 Å². The van der Waals surface area contributed by atoms with Gasteiger partial charge in [0.1, 0.15) is 11.2 Å². The van der Waals surface area contributed by atoms with Crippen LogP contribution < -0.4 is 0 Å². The van der Waals surface area contributed by atoms with E-state index in [9.17, 15) is 0 Å². The van der Waals surface area contributed by atoms with Gasteiger partial charge in [-0.25, -0.2) is 0 Å². The number of para-hydroxylation sites is 2. The van der Waals surface area contributed by atoms with Crippen molar-refractivity contribution in [1.82, 2.24) is 4.98 Å². The third-order valence-electron chi connectivity index (χ3n) is 5.42. The van der Waals surface area contributed by atoms with Gasteiger partial charge in [-0.15, -0.1) is 11.8 Å². The van der Waals surface area contributed by atoms with Crippen LogP contribution in [0.25, 0.3) is 49.3 Å². The van der Waals surface area contributed by atoms with E-state index in [4.69, 9.17) is 4.42 Å². The van der Waals surface area contributed by atoms with Crippen LogP contribution in [0.3, 0.4) is 0 Å². The summed E-state index contributed by atoms with van der Waals surface area (Å²) >= 11 is 1.83. The number of hydrogen-bond donors (Lipinski definition) is 1. The summed E-state index contributed by atoms with van der Waals surface area (Å²) in [5.41, 5.74) is 6.23. The van der Waals surface area contributed by atoms with Crippen LogP contribution in [-0.2, 0) is 0 Å². The number of allylic oxidation sites excluding steroid dienone is 4. The first kappa shape index (κ1) is 15.8. The lowest BCUT2D eigenvalue weighted by atomic mass is 9.98. The molecule has 6 rings (SSSR count). The number of rotatable bonds is 0. The number of benzene rings is 3. The number of H-pyrrole nitrogens is 1. The molecule has 0 fully saturated rings. The van der Waals surface area contributed by atoms with E-state index in [1.54, 1.807) is 0 Å². The largest absolute Gasteiger partial charge is 0.455 e. The van der Waals surface area contributed by atoms with E-state index in [1.807, 2.05) is 23.9 Å². The number of aromatic amines is 1. The highest BCUT2D eigenvalue weighted by molar-refractivity contribution is 7.99. The van der Waals surface area contributed by atoms with Crippen molar-refractivity contribution in [3.05, 3.63) is 85.0 Å². The predicted molar refractivity (Wildman–Crippen MR) is 121 cm³/mol. The van der Waals surface area contributed by atoms with Crippen LogP contribution in [-0.4, -0.2) is 10.7 Å². The Balaban J connectivity index is 1.94. The summed E-state index contributed by atoms with van der Waals surface area (Å²) in [4.78, 5) is 4.90. The standard InChI is InChI=1S/C25H17NOS/c1-15-9-3-2-8-14-28-25-20(15)24-22(17-11-5-7-13-19(17)27-24)21-16-10-4-6-12-18(16)26-23(21)25/h2-13,26H,1,14H2/b8-2-,9-3-. The van der Waals surface area contributed by atoms with Crippen LogP contribution in [0.1, 0.15) is 5.56 Å². The zero-order valence-corrected chi connectivity index (χ0v) is 16.0. The van der Waals surface area contributed by atoms with Gasteiger partial charge in [-0.1, -0.05) is 67.3 Å². The second-order valence-corrected chi connectivity index (χ2v) is 8.08. The van der Waals surface area contributed by atoms with Crippen LogP contribution >= 0.6 is 11.8 Å². The minimum atomic E-state index is 0.904. The Labute approximate surface area is 166 Å². The van der Waals surface area contributed by atoms with E-state index >= 15 is 0 Å². The minimum Gasteiger partial charge on any atom is -0.455 e. The summed E-state index contributed by atoms with van der Waals surface area (Å²) in [6.07, 6.45) is 8.40. The number of furan rings is 1. The Bertz CT molecular complexity index is 1480. The van der Waals surface area contributed by atoms with Gasteiger partial charge in [0.25, 0.3) is 0 Å². The first-order chi connectivity index (χ1) is 13.8. The van der Waals surface area contributed by atoms with E-state index in [0.717, 1.165) is 39.0 Å². The molecule has 5 aromatic rings. The molecule has 0 unspecified atom stereocenters. The quantitative estimate of drug-likeness (QED) is 0.303. The molecule has 1 N–H and O–H groups in total. The van der Waals surface area contributed by atoms with E-state index in [2.05, 4.69) is 72.3 Å². The average molecular weight is 379 g/mol. The zero-order chi connectivity index (χ0) is 18.7. The minimum absolute atomic E-state index is 0.904. The SMILES string of the molecule is C=C1/C=C\C=C/CSc2c1c1oc3ccccc3c1c1c2[nH]c2ccccc21. The summed E-state index contributed by atoms with van der Waals surface area (Å²) < 4.78 is 6.44. The van der Waals surface area contributed by atoms with Crippen molar-refractivity contribution in [3.8, 4) is 0 Å². The maximum atomic E-state index is 6.44. The van der Waals surface area contributed by atoms with Crippen LogP contribution in [0.2, 0.25) is 0 Å². The number of aromatic nitrogens is 1. The summed E-state index contributed by atoms with van der Waals surface area (Å²) in [5.74, 6) is 0.904. The Morgan fingerprint density at radius 3 is 2.68 bits per heavy atom. The van der Waals surface area contributed by atoms with Crippen molar-refractivity contribution in [2.75, 3.05) is 5.75 Å². The monoisotopic (exact) mass is 379 g/mol. The van der Waals surface area contributed by atoms with Crippen molar-refractivity contribution in [2.45, 2.75) is 4.90 Å². The molecular formula is C25H17NOS. The molecule has 28 heavy (non-hydrogen) atoms. The molecule has 0 amide bonds. The smallest absolute Gasteiger partial charge is 0.145 e. The summed E-state index contributed by atoms with van der Waals surface area (Å²) in [7, 11) is 0. The van der Waals surface area contributed by atoms with E-state index in [0.29, 0.717) is 0 Å². The Morgan fingerprint density at radius 2 is 1.75 bits per heavy atom. The molecule has 2 aromatic heterocycles. The average Bonchev–Trinajstić information content (AvgIpc) is 3.29. The fourth-order valence-electron chi connectivity index (χ4n) is 4.23. The molecule has 134 valence electrons. The van der Waals surface area contributed by atoms with Gasteiger partial charge in [0.05, 0.1) is 5.52 Å². The molecule has 3 heteroatoms. The van der Waals surface area contributed by atoms with Crippen LogP contribution in [0.5, 0.6) is 0 Å². The number of nitrogens with one attached hydrogen (secondary N) is 1. The highest BCUT2D eigenvalue weighted by atomic mass is 32.2. The zero-order valence-electron chi connectivity index (χ0n) is 15.2. The summed E-state index contributed by atoms with van der Waals surface area (Å²) in [5, 5.41) is 4.79. The maximum Gasteiger partial charge on any atom is 0.145 e. The van der Waals surface area contributed by atoms with Gasteiger partial charge in [-0.3, -0.25) is 0 Å². The molecule has 0 radical (unpaired) electrons. The molecule has 0 aliphatic carbocycles. The fourth-order valence-corrected chi connectivity index (χ4v) is 5.27. The molecule has 2 nitrogen and oxygen atoms in total. The van der Waals surface area contributed by atoms with Crippen molar-refractivity contribution in [1.29, 1.82) is 0 Å². The molecule has 0 saturated heterocycles. The first-order valence-electron chi connectivity index (χ1n) is 9.36. The highest BCUT2D eigenvalue weighted by Gasteiger charge is 2.24. The van der Waals surface area contributed by atoms with Crippen molar-refractivity contribution in [2.24, 2.45) is 0 Å². The predicted octanol–water partition coefficient (Wildman–Crippen LogP) is 7.45. The van der Waals surface area contributed by atoms with E-state index in [1.165, 1.54) is 26.6 Å². The van der Waals surface area contributed by atoms with Crippen LogP contribution in [0.4, 0.5) is 0 Å². The fraction of sp³-hybridized carbons (Fsp3) is 0.0400. The molecule has 0 atom stereocenters.